The van der Waals surface area contributed by atoms with Gasteiger partial charge in [-0.3, -0.25) is 9.69 Å². The predicted molar refractivity (Wildman–Crippen MR) is 81.5 cm³/mol. The van der Waals surface area contributed by atoms with Crippen LogP contribution in [-0.2, 0) is 4.79 Å². The lowest BCUT2D eigenvalue weighted by Gasteiger charge is -2.30. The molecular weight excluding hydrogens is 276 g/mol. The fourth-order valence-corrected chi connectivity index (χ4v) is 2.84. The second-order valence-electron chi connectivity index (χ2n) is 5.38. The molecule has 1 amide bonds. The van der Waals surface area contributed by atoms with Gasteiger partial charge >= 0.3 is 0 Å². The van der Waals surface area contributed by atoms with Gasteiger partial charge in [0.25, 0.3) is 0 Å². The summed E-state index contributed by atoms with van der Waals surface area (Å²) in [5, 5.41) is 3.37. The van der Waals surface area contributed by atoms with Gasteiger partial charge in [-0.05, 0) is 43.5 Å². The molecule has 1 fully saturated rings. The highest BCUT2D eigenvalue weighted by Gasteiger charge is 2.18. The molecule has 1 aromatic rings. The number of nitrogens with one attached hydrogen (secondary N) is 1. The predicted octanol–water partition coefficient (Wildman–Crippen LogP) is 3.02. The average Bonchev–Trinajstić information content (AvgIpc) is 2.38. The van der Waals surface area contributed by atoms with Crippen molar-refractivity contribution in [1.82, 2.24) is 4.90 Å². The number of nitrogens with zero attached hydrogens (tertiary/aromatic N) is 1. The second-order valence-corrected chi connectivity index (χ2v) is 5.79. The van der Waals surface area contributed by atoms with Crippen molar-refractivity contribution < 1.29 is 9.53 Å². The third-order valence-corrected chi connectivity index (χ3v) is 3.84. The first-order valence-electron chi connectivity index (χ1n) is 6.94. The Morgan fingerprint density at radius 3 is 3.00 bits per heavy atom. The Kier molecular flexibility index (Phi) is 5.26. The van der Waals surface area contributed by atoms with Crippen LogP contribution < -0.4 is 10.1 Å². The number of halogens is 1. The van der Waals surface area contributed by atoms with Crippen molar-refractivity contribution in [1.29, 1.82) is 0 Å². The first-order valence-corrected chi connectivity index (χ1v) is 7.32. The van der Waals surface area contributed by atoms with E-state index in [0.29, 0.717) is 28.9 Å². The summed E-state index contributed by atoms with van der Waals surface area (Å²) in [7, 11) is 1.57. The molecule has 1 aromatic carbocycles. The number of ether oxygens (including phenoxy) is 1. The van der Waals surface area contributed by atoms with E-state index < -0.39 is 0 Å². The van der Waals surface area contributed by atoms with E-state index in [4.69, 9.17) is 16.3 Å². The van der Waals surface area contributed by atoms with Gasteiger partial charge in [0.2, 0.25) is 5.91 Å². The number of piperidine rings is 1. The Balaban J connectivity index is 1.89. The van der Waals surface area contributed by atoms with Crippen LogP contribution in [0.4, 0.5) is 5.69 Å². The molecule has 0 saturated carbocycles. The zero-order valence-corrected chi connectivity index (χ0v) is 12.7. The van der Waals surface area contributed by atoms with Gasteiger partial charge in [0.05, 0.1) is 18.7 Å². The molecule has 110 valence electrons. The van der Waals surface area contributed by atoms with Gasteiger partial charge in [-0.2, -0.15) is 0 Å². The van der Waals surface area contributed by atoms with Gasteiger partial charge in [0, 0.05) is 12.2 Å². The van der Waals surface area contributed by atoms with E-state index in [1.165, 1.54) is 12.8 Å². The van der Waals surface area contributed by atoms with Crippen molar-refractivity contribution in [3.8, 4) is 5.75 Å². The highest BCUT2D eigenvalue weighted by atomic mass is 35.5. The molecule has 4 nitrogen and oxygen atoms in total. The minimum atomic E-state index is 0.000309. The molecule has 0 spiro atoms. The number of likely N-dealkylation sites (tertiary alicyclic amines) is 1. The van der Waals surface area contributed by atoms with E-state index in [9.17, 15) is 4.79 Å². The Morgan fingerprint density at radius 1 is 1.55 bits per heavy atom. The van der Waals surface area contributed by atoms with Crippen molar-refractivity contribution in [3.63, 3.8) is 0 Å². The lowest BCUT2D eigenvalue weighted by atomic mass is 10.0. The van der Waals surface area contributed by atoms with E-state index >= 15 is 0 Å². The summed E-state index contributed by atoms with van der Waals surface area (Å²) in [5.74, 6) is 1.28. The van der Waals surface area contributed by atoms with Crippen LogP contribution in [0.15, 0.2) is 18.2 Å². The van der Waals surface area contributed by atoms with Gasteiger partial charge in [-0.15, -0.1) is 0 Å². The van der Waals surface area contributed by atoms with Crippen LogP contribution in [-0.4, -0.2) is 37.6 Å². The number of benzene rings is 1. The van der Waals surface area contributed by atoms with Crippen LogP contribution in [0.1, 0.15) is 19.8 Å². The molecule has 0 aliphatic carbocycles. The Labute approximate surface area is 125 Å². The molecule has 1 N–H and O–H groups in total. The van der Waals surface area contributed by atoms with E-state index in [2.05, 4.69) is 17.1 Å². The number of carbonyl (C=O) groups is 1. The van der Waals surface area contributed by atoms with Crippen LogP contribution >= 0.6 is 11.6 Å². The molecule has 1 heterocycles. The molecule has 0 aromatic heterocycles. The molecule has 1 aliphatic rings. The minimum absolute atomic E-state index is 0.000309. The first kappa shape index (κ1) is 15.1. The van der Waals surface area contributed by atoms with Gasteiger partial charge in [0.15, 0.2) is 0 Å². The normalized spacial score (nSPS) is 19.6. The molecule has 20 heavy (non-hydrogen) atoms. The maximum Gasteiger partial charge on any atom is 0.238 e. The van der Waals surface area contributed by atoms with Crippen molar-refractivity contribution in [2.24, 2.45) is 5.92 Å². The standard InChI is InChI=1S/C15H21ClN2O2/c1-11-4-3-7-18(9-11)10-15(19)17-12-5-6-14(20-2)13(16)8-12/h5-6,8,11H,3-4,7,9-10H2,1-2H3,(H,17,19)/t11-/m1/s1. The van der Waals surface area contributed by atoms with Crippen LogP contribution in [0.3, 0.4) is 0 Å². The molecule has 1 atom stereocenters. The van der Waals surface area contributed by atoms with Crippen molar-refractivity contribution >= 4 is 23.2 Å². The second kappa shape index (κ2) is 6.95. The monoisotopic (exact) mass is 296 g/mol. The Morgan fingerprint density at radius 2 is 2.35 bits per heavy atom. The number of methoxy groups -OCH3 is 1. The SMILES string of the molecule is COc1ccc(NC(=O)CN2CCC[C@@H](C)C2)cc1Cl. The van der Waals surface area contributed by atoms with Gasteiger partial charge < -0.3 is 10.1 Å². The Bertz CT molecular complexity index is 479. The summed E-state index contributed by atoms with van der Waals surface area (Å²) >= 11 is 6.04. The number of rotatable bonds is 4. The van der Waals surface area contributed by atoms with Crippen LogP contribution in [0.5, 0.6) is 5.75 Å². The fourth-order valence-electron chi connectivity index (χ4n) is 2.58. The summed E-state index contributed by atoms with van der Waals surface area (Å²) in [5.41, 5.74) is 0.700. The van der Waals surface area contributed by atoms with Gasteiger partial charge in [-0.1, -0.05) is 18.5 Å². The van der Waals surface area contributed by atoms with Crippen molar-refractivity contribution in [2.75, 3.05) is 32.1 Å². The van der Waals surface area contributed by atoms with Crippen LogP contribution in [0.2, 0.25) is 5.02 Å². The molecule has 0 radical (unpaired) electrons. The smallest absolute Gasteiger partial charge is 0.238 e. The molecule has 5 heteroatoms. The molecular formula is C15H21ClN2O2. The van der Waals surface area contributed by atoms with E-state index in [-0.39, 0.29) is 5.91 Å². The Hall–Kier alpha value is -1.26. The maximum atomic E-state index is 12.0. The van der Waals surface area contributed by atoms with Crippen LogP contribution in [0, 0.1) is 5.92 Å². The zero-order chi connectivity index (χ0) is 14.5. The van der Waals surface area contributed by atoms with Gasteiger partial charge in [0.1, 0.15) is 5.75 Å². The topological polar surface area (TPSA) is 41.6 Å². The quantitative estimate of drug-likeness (QED) is 0.928. The average molecular weight is 297 g/mol. The molecule has 0 bridgehead atoms. The summed E-state index contributed by atoms with van der Waals surface area (Å²) < 4.78 is 5.09. The number of amides is 1. The minimum Gasteiger partial charge on any atom is -0.495 e. The summed E-state index contributed by atoms with van der Waals surface area (Å²) in [6.45, 7) is 4.67. The third kappa shape index (κ3) is 4.12. The summed E-state index contributed by atoms with van der Waals surface area (Å²) in [6.07, 6.45) is 2.43. The van der Waals surface area contributed by atoms with Gasteiger partial charge in [-0.25, -0.2) is 0 Å². The van der Waals surface area contributed by atoms with E-state index in [0.717, 1.165) is 13.1 Å². The lowest BCUT2D eigenvalue weighted by Crippen LogP contribution is -2.39. The zero-order valence-electron chi connectivity index (χ0n) is 12.0. The third-order valence-electron chi connectivity index (χ3n) is 3.54. The highest BCUT2D eigenvalue weighted by molar-refractivity contribution is 6.32. The summed E-state index contributed by atoms with van der Waals surface area (Å²) in [6, 6.07) is 5.25. The number of hydrogen-bond acceptors (Lipinski definition) is 3. The van der Waals surface area contributed by atoms with Crippen molar-refractivity contribution in [3.05, 3.63) is 23.2 Å². The summed E-state index contributed by atoms with van der Waals surface area (Å²) in [4.78, 5) is 14.2. The van der Waals surface area contributed by atoms with E-state index in [1.807, 2.05) is 0 Å². The van der Waals surface area contributed by atoms with Crippen LogP contribution in [0.25, 0.3) is 0 Å². The molecule has 0 unspecified atom stereocenters. The molecule has 1 saturated heterocycles. The number of anilines is 1. The molecule has 1 aliphatic heterocycles. The highest BCUT2D eigenvalue weighted by Crippen LogP contribution is 2.27. The number of carbonyl (C=O) groups excluding carboxylic acids is 1. The number of hydrogen-bond donors (Lipinski definition) is 1. The largest absolute Gasteiger partial charge is 0.495 e. The van der Waals surface area contributed by atoms with Crippen molar-refractivity contribution in [2.45, 2.75) is 19.8 Å². The van der Waals surface area contributed by atoms with E-state index in [1.54, 1.807) is 25.3 Å². The lowest BCUT2D eigenvalue weighted by molar-refractivity contribution is -0.117. The fraction of sp³-hybridized carbons (Fsp3) is 0.533. The maximum absolute atomic E-state index is 12.0. The molecule has 2 rings (SSSR count). The first-order chi connectivity index (χ1) is 9.58.